The number of benzene rings is 2. The van der Waals surface area contributed by atoms with Crippen molar-refractivity contribution in [2.45, 2.75) is 30.0 Å². The summed E-state index contributed by atoms with van der Waals surface area (Å²) in [6, 6.07) is 21.2. The zero-order valence-electron chi connectivity index (χ0n) is 16.5. The summed E-state index contributed by atoms with van der Waals surface area (Å²) in [5.74, 6) is 0.444. The molecule has 2 aromatic carbocycles. The van der Waals surface area contributed by atoms with Crippen LogP contribution >= 0.6 is 11.6 Å². The lowest BCUT2D eigenvalue weighted by atomic mass is 9.72. The zero-order chi connectivity index (χ0) is 21.4. The van der Waals surface area contributed by atoms with Crippen molar-refractivity contribution in [2.24, 2.45) is 5.73 Å². The van der Waals surface area contributed by atoms with E-state index in [1.54, 1.807) is 24.4 Å². The third-order valence-corrected chi connectivity index (χ3v) is 6.23. The highest BCUT2D eigenvalue weighted by atomic mass is 35.5. The Morgan fingerprint density at radius 3 is 2.53 bits per heavy atom. The molecule has 6 heteroatoms. The van der Waals surface area contributed by atoms with Gasteiger partial charge in [-0.15, -0.1) is 0 Å². The molecule has 0 spiro atoms. The van der Waals surface area contributed by atoms with Crippen LogP contribution in [0.5, 0.6) is 5.75 Å². The summed E-state index contributed by atoms with van der Waals surface area (Å²) in [7, 11) is 1.50. The van der Waals surface area contributed by atoms with E-state index in [1.807, 2.05) is 30.3 Å². The molecular weight excluding hydrogens is 398 g/mol. The number of ether oxygens (including phenoxy) is 1. The van der Waals surface area contributed by atoms with Crippen LogP contribution in [0.15, 0.2) is 66.9 Å². The lowest BCUT2D eigenvalue weighted by Gasteiger charge is -2.39. The van der Waals surface area contributed by atoms with E-state index in [0.29, 0.717) is 28.5 Å². The Balaban J connectivity index is 0.00000106. The van der Waals surface area contributed by atoms with Gasteiger partial charge >= 0.3 is 0 Å². The number of aliphatic hydroxyl groups is 1. The first-order valence-corrected chi connectivity index (χ1v) is 10.2. The number of aromatic nitrogens is 1. The van der Waals surface area contributed by atoms with Crippen LogP contribution in [0.3, 0.4) is 0 Å². The van der Waals surface area contributed by atoms with Crippen molar-refractivity contribution in [1.82, 2.24) is 4.98 Å². The van der Waals surface area contributed by atoms with Crippen LogP contribution in [0, 0.1) is 11.3 Å². The number of rotatable bonds is 2. The monoisotopic (exact) mass is 419 g/mol. The number of nitrogens with two attached hydrogens (primary N) is 1. The van der Waals surface area contributed by atoms with E-state index in [9.17, 15) is 10.4 Å². The summed E-state index contributed by atoms with van der Waals surface area (Å²) in [5.41, 5.74) is 5.22. The standard InChI is InChI=1S/C23H17ClN2O2.CH5N/c24-18-12-20-21(26-14-18)22(27)11-10-19(16-4-2-1-3-5-16)23(22,28-20)17-8-6-15(13-25)7-9-17;1-2/h1-9,12,14,19,27H,10-11H2;2H2,1H3. The second-order valence-corrected chi connectivity index (χ2v) is 7.83. The quantitative estimate of drug-likeness (QED) is 0.648. The molecule has 1 saturated carbocycles. The zero-order valence-corrected chi connectivity index (χ0v) is 17.3. The maximum Gasteiger partial charge on any atom is 0.175 e. The Morgan fingerprint density at radius 1 is 1.17 bits per heavy atom. The van der Waals surface area contributed by atoms with Crippen molar-refractivity contribution in [2.75, 3.05) is 7.05 Å². The Kier molecular flexibility index (Phi) is 5.25. The van der Waals surface area contributed by atoms with E-state index in [1.165, 1.54) is 7.05 Å². The molecule has 1 fully saturated rings. The Bertz CT molecular complexity index is 1100. The van der Waals surface area contributed by atoms with E-state index >= 15 is 0 Å². The first-order valence-electron chi connectivity index (χ1n) is 9.79. The van der Waals surface area contributed by atoms with Gasteiger partial charge in [0, 0.05) is 18.2 Å². The molecule has 1 aliphatic heterocycles. The van der Waals surface area contributed by atoms with Crippen LogP contribution in [0.2, 0.25) is 5.02 Å². The number of hydrogen-bond donors (Lipinski definition) is 2. The van der Waals surface area contributed by atoms with E-state index in [0.717, 1.165) is 17.5 Å². The summed E-state index contributed by atoms with van der Waals surface area (Å²) in [6.45, 7) is 0. The van der Waals surface area contributed by atoms with Crippen LogP contribution in [0.4, 0.5) is 0 Å². The number of halogens is 1. The van der Waals surface area contributed by atoms with Gasteiger partial charge < -0.3 is 15.6 Å². The van der Waals surface area contributed by atoms with E-state index in [-0.39, 0.29) is 5.92 Å². The van der Waals surface area contributed by atoms with Crippen LogP contribution in [0.1, 0.15) is 41.1 Å². The first-order chi connectivity index (χ1) is 14.6. The van der Waals surface area contributed by atoms with Gasteiger partial charge in [0.05, 0.1) is 16.7 Å². The van der Waals surface area contributed by atoms with Gasteiger partial charge in [0.15, 0.2) is 11.2 Å². The fraction of sp³-hybridized carbons (Fsp3) is 0.250. The van der Waals surface area contributed by atoms with E-state index < -0.39 is 11.2 Å². The SMILES string of the molecule is CN.N#Cc1ccc(C23Oc4cc(Cl)cnc4C2(O)CCC3c2ccccc2)cc1. The van der Waals surface area contributed by atoms with Crippen molar-refractivity contribution in [1.29, 1.82) is 5.26 Å². The summed E-state index contributed by atoms with van der Waals surface area (Å²) < 4.78 is 6.55. The summed E-state index contributed by atoms with van der Waals surface area (Å²) in [6.07, 6.45) is 2.82. The second kappa shape index (κ2) is 7.73. The molecule has 3 unspecified atom stereocenters. The first kappa shape index (κ1) is 20.4. The molecule has 3 N–H and O–H groups in total. The number of nitriles is 1. The normalized spacial score (nSPS) is 25.9. The smallest absolute Gasteiger partial charge is 0.175 e. The summed E-state index contributed by atoms with van der Waals surface area (Å²) in [4.78, 5) is 4.45. The Morgan fingerprint density at radius 2 is 1.87 bits per heavy atom. The maximum atomic E-state index is 11.9. The molecule has 30 heavy (non-hydrogen) atoms. The van der Waals surface area contributed by atoms with Gasteiger partial charge in [0.2, 0.25) is 0 Å². The van der Waals surface area contributed by atoms with Crippen molar-refractivity contribution in [3.8, 4) is 11.8 Å². The van der Waals surface area contributed by atoms with Crippen LogP contribution in [0.25, 0.3) is 0 Å². The van der Waals surface area contributed by atoms with Crippen LogP contribution in [-0.2, 0) is 11.2 Å². The minimum absolute atomic E-state index is 0.0698. The molecule has 1 aliphatic carbocycles. The topological polar surface area (TPSA) is 92.2 Å². The Labute approximate surface area is 180 Å². The fourth-order valence-corrected chi connectivity index (χ4v) is 4.99. The highest BCUT2D eigenvalue weighted by Gasteiger charge is 2.69. The van der Waals surface area contributed by atoms with Gasteiger partial charge in [-0.1, -0.05) is 54.1 Å². The third kappa shape index (κ3) is 2.80. The minimum atomic E-state index is -1.28. The number of nitrogens with zero attached hydrogens (tertiary/aromatic N) is 2. The number of fused-ring (bicyclic) bond motifs is 3. The van der Waals surface area contributed by atoms with Crippen molar-refractivity contribution < 1.29 is 9.84 Å². The van der Waals surface area contributed by atoms with Crippen molar-refractivity contribution in [3.63, 3.8) is 0 Å². The molecule has 0 radical (unpaired) electrons. The fourth-order valence-electron chi connectivity index (χ4n) is 4.84. The van der Waals surface area contributed by atoms with Gasteiger partial charge in [-0.2, -0.15) is 5.26 Å². The average Bonchev–Trinajstić information content (AvgIpc) is 3.22. The molecule has 152 valence electrons. The molecular formula is C24H22ClN3O2. The van der Waals surface area contributed by atoms with Crippen LogP contribution < -0.4 is 10.5 Å². The lowest BCUT2D eigenvalue weighted by Crippen LogP contribution is -2.48. The largest absolute Gasteiger partial charge is 0.476 e. The minimum Gasteiger partial charge on any atom is -0.476 e. The lowest BCUT2D eigenvalue weighted by molar-refractivity contribution is -0.107. The highest BCUT2D eigenvalue weighted by Crippen LogP contribution is 2.66. The van der Waals surface area contributed by atoms with Crippen LogP contribution in [-0.4, -0.2) is 17.1 Å². The molecule has 0 saturated heterocycles. The van der Waals surface area contributed by atoms with Gasteiger partial charge in [-0.3, -0.25) is 4.98 Å². The van der Waals surface area contributed by atoms with Gasteiger partial charge in [0.25, 0.3) is 0 Å². The summed E-state index contributed by atoms with van der Waals surface area (Å²) >= 11 is 6.15. The van der Waals surface area contributed by atoms with Crippen molar-refractivity contribution >= 4 is 11.6 Å². The predicted octanol–water partition coefficient (Wildman–Crippen LogP) is 4.23. The molecule has 3 aromatic rings. The molecule has 2 aliphatic rings. The molecule has 5 rings (SSSR count). The average molecular weight is 420 g/mol. The molecule has 0 bridgehead atoms. The number of pyridine rings is 1. The van der Waals surface area contributed by atoms with Gasteiger partial charge in [0.1, 0.15) is 11.4 Å². The Hall–Kier alpha value is -2.91. The van der Waals surface area contributed by atoms with Gasteiger partial charge in [-0.05, 0) is 43.1 Å². The maximum absolute atomic E-state index is 11.9. The molecule has 5 nitrogen and oxygen atoms in total. The molecule has 2 heterocycles. The summed E-state index contributed by atoms with van der Waals surface area (Å²) in [5, 5.41) is 21.6. The van der Waals surface area contributed by atoms with E-state index in [2.05, 4.69) is 28.9 Å². The molecule has 0 amide bonds. The highest BCUT2D eigenvalue weighted by molar-refractivity contribution is 6.30. The van der Waals surface area contributed by atoms with Gasteiger partial charge in [-0.25, -0.2) is 0 Å². The molecule has 3 atom stereocenters. The third-order valence-electron chi connectivity index (χ3n) is 6.03. The number of hydrogen-bond acceptors (Lipinski definition) is 5. The second-order valence-electron chi connectivity index (χ2n) is 7.39. The van der Waals surface area contributed by atoms with Crippen molar-refractivity contribution in [3.05, 3.63) is 94.3 Å². The molecule has 1 aromatic heterocycles. The predicted molar refractivity (Wildman–Crippen MR) is 115 cm³/mol. The van der Waals surface area contributed by atoms with E-state index in [4.69, 9.17) is 16.3 Å².